The van der Waals surface area contributed by atoms with E-state index < -0.39 is 6.03 Å². The SMILES string of the molecule is N#Cc1ccc(NC(=O)Nc2ccc(Oc3ccc4ncc(N5CCOCC5)nc4c3)cc2)cc1Cl. The van der Waals surface area contributed by atoms with Gasteiger partial charge in [-0.1, -0.05) is 11.6 Å². The molecule has 3 aromatic carbocycles. The summed E-state index contributed by atoms with van der Waals surface area (Å²) in [5.41, 5.74) is 2.93. The molecular weight excluding hydrogens is 480 g/mol. The van der Waals surface area contributed by atoms with Crippen molar-refractivity contribution in [1.82, 2.24) is 9.97 Å². The molecule has 0 atom stereocenters. The van der Waals surface area contributed by atoms with Gasteiger partial charge in [-0.15, -0.1) is 0 Å². The zero-order valence-electron chi connectivity index (χ0n) is 19.1. The molecule has 0 bridgehead atoms. The number of hydrogen-bond acceptors (Lipinski definition) is 7. The molecule has 2 N–H and O–H groups in total. The van der Waals surface area contributed by atoms with E-state index in [0.29, 0.717) is 41.7 Å². The Hall–Kier alpha value is -4.39. The number of benzene rings is 3. The Morgan fingerprint density at radius 1 is 0.972 bits per heavy atom. The van der Waals surface area contributed by atoms with Gasteiger partial charge in [0, 0.05) is 30.5 Å². The lowest BCUT2D eigenvalue weighted by Gasteiger charge is -2.27. The second-order valence-corrected chi connectivity index (χ2v) is 8.40. The Morgan fingerprint density at radius 2 is 1.69 bits per heavy atom. The van der Waals surface area contributed by atoms with E-state index in [4.69, 9.17) is 31.3 Å². The standard InChI is InChI=1S/C26H21ClN6O3/c27-22-13-19(2-1-17(22)15-28)31-26(34)30-18-3-5-20(6-4-18)36-21-7-8-23-24(14-21)32-25(16-29-23)33-9-11-35-12-10-33/h1-8,13-14,16H,9-12H2,(H2,30,31,34). The van der Waals surface area contributed by atoms with Crippen molar-refractivity contribution in [3.05, 3.63) is 77.4 Å². The molecule has 0 spiro atoms. The molecule has 0 unspecified atom stereocenters. The minimum atomic E-state index is -0.436. The van der Waals surface area contributed by atoms with Crippen molar-refractivity contribution in [1.29, 1.82) is 5.26 Å². The highest BCUT2D eigenvalue weighted by Gasteiger charge is 2.14. The number of ether oxygens (including phenoxy) is 2. The van der Waals surface area contributed by atoms with Gasteiger partial charge < -0.3 is 25.0 Å². The summed E-state index contributed by atoms with van der Waals surface area (Å²) in [7, 11) is 0. The third-order valence-corrected chi connectivity index (χ3v) is 5.84. The topological polar surface area (TPSA) is 112 Å². The average molecular weight is 501 g/mol. The molecule has 0 radical (unpaired) electrons. The number of carbonyl (C=O) groups is 1. The molecule has 36 heavy (non-hydrogen) atoms. The van der Waals surface area contributed by atoms with Crippen molar-refractivity contribution in [2.24, 2.45) is 0 Å². The van der Waals surface area contributed by atoms with Gasteiger partial charge in [-0.2, -0.15) is 5.26 Å². The third-order valence-electron chi connectivity index (χ3n) is 5.53. The van der Waals surface area contributed by atoms with Crippen molar-refractivity contribution >= 4 is 45.9 Å². The Kier molecular flexibility index (Phi) is 6.80. The highest BCUT2D eigenvalue weighted by atomic mass is 35.5. The van der Waals surface area contributed by atoms with Crippen LogP contribution in [0.1, 0.15) is 5.56 Å². The van der Waals surface area contributed by atoms with E-state index in [0.717, 1.165) is 29.9 Å². The molecule has 1 saturated heterocycles. The second kappa shape index (κ2) is 10.5. The molecule has 4 aromatic rings. The van der Waals surface area contributed by atoms with Crippen LogP contribution in [0.2, 0.25) is 5.02 Å². The molecule has 5 rings (SSSR count). The fourth-order valence-electron chi connectivity index (χ4n) is 3.71. The Morgan fingerprint density at radius 3 is 2.44 bits per heavy atom. The third kappa shape index (κ3) is 5.46. The van der Waals surface area contributed by atoms with Crippen LogP contribution in [0.25, 0.3) is 11.0 Å². The first-order valence-corrected chi connectivity index (χ1v) is 11.6. The maximum Gasteiger partial charge on any atom is 0.323 e. The number of rotatable bonds is 5. The number of nitrogens with one attached hydrogen (secondary N) is 2. The number of urea groups is 1. The second-order valence-electron chi connectivity index (χ2n) is 7.99. The summed E-state index contributed by atoms with van der Waals surface area (Å²) in [4.78, 5) is 23.7. The van der Waals surface area contributed by atoms with Crippen LogP contribution in [0.4, 0.5) is 22.0 Å². The van der Waals surface area contributed by atoms with Crippen LogP contribution in [0, 0.1) is 11.3 Å². The zero-order valence-corrected chi connectivity index (χ0v) is 19.8. The van der Waals surface area contributed by atoms with Crippen LogP contribution in [0.3, 0.4) is 0 Å². The lowest BCUT2D eigenvalue weighted by atomic mass is 10.2. The van der Waals surface area contributed by atoms with Crippen LogP contribution in [0.15, 0.2) is 66.9 Å². The largest absolute Gasteiger partial charge is 0.457 e. The molecular formula is C26H21ClN6O3. The number of hydrogen-bond donors (Lipinski definition) is 2. The molecule has 0 aliphatic carbocycles. The van der Waals surface area contributed by atoms with Gasteiger partial charge >= 0.3 is 6.03 Å². The lowest BCUT2D eigenvalue weighted by molar-refractivity contribution is 0.122. The van der Waals surface area contributed by atoms with Gasteiger partial charge in [-0.25, -0.2) is 9.78 Å². The first-order chi connectivity index (χ1) is 17.6. The summed E-state index contributed by atoms with van der Waals surface area (Å²) in [5, 5.41) is 14.7. The number of fused-ring (bicyclic) bond motifs is 1. The smallest absolute Gasteiger partial charge is 0.323 e. The van der Waals surface area contributed by atoms with Crippen molar-refractivity contribution in [3.63, 3.8) is 0 Å². The van der Waals surface area contributed by atoms with E-state index in [9.17, 15) is 4.79 Å². The number of aromatic nitrogens is 2. The minimum Gasteiger partial charge on any atom is -0.457 e. The van der Waals surface area contributed by atoms with Crippen LogP contribution in [0.5, 0.6) is 11.5 Å². The Labute approximate surface area is 212 Å². The number of nitriles is 1. The highest BCUT2D eigenvalue weighted by Crippen LogP contribution is 2.27. The quantitative estimate of drug-likeness (QED) is 0.376. The summed E-state index contributed by atoms with van der Waals surface area (Å²) in [6.45, 7) is 2.93. The number of amides is 2. The van der Waals surface area contributed by atoms with Gasteiger partial charge in [0.2, 0.25) is 0 Å². The molecule has 1 aromatic heterocycles. The van der Waals surface area contributed by atoms with Crippen LogP contribution in [-0.4, -0.2) is 42.3 Å². The predicted molar refractivity (Wildman–Crippen MR) is 138 cm³/mol. The monoisotopic (exact) mass is 500 g/mol. The molecule has 10 heteroatoms. The van der Waals surface area contributed by atoms with E-state index in [2.05, 4.69) is 20.5 Å². The zero-order chi connectivity index (χ0) is 24.9. The summed E-state index contributed by atoms with van der Waals surface area (Å²) in [6, 6.07) is 18.8. The molecule has 0 saturated carbocycles. The molecule has 1 aliphatic rings. The van der Waals surface area contributed by atoms with E-state index in [1.807, 2.05) is 24.3 Å². The van der Waals surface area contributed by atoms with Gasteiger partial charge in [0.05, 0.1) is 41.0 Å². The number of halogens is 1. The van der Waals surface area contributed by atoms with Gasteiger partial charge in [-0.05, 0) is 54.6 Å². The maximum atomic E-state index is 12.3. The van der Waals surface area contributed by atoms with E-state index in [1.165, 1.54) is 6.07 Å². The summed E-state index contributed by atoms with van der Waals surface area (Å²) < 4.78 is 11.4. The molecule has 9 nitrogen and oxygen atoms in total. The first kappa shape index (κ1) is 23.4. The minimum absolute atomic E-state index is 0.272. The van der Waals surface area contributed by atoms with E-state index in [-0.39, 0.29) is 5.02 Å². The summed E-state index contributed by atoms with van der Waals surface area (Å²) >= 11 is 6.01. The number of morpholine rings is 1. The van der Waals surface area contributed by atoms with Gasteiger partial charge in [0.1, 0.15) is 23.4 Å². The van der Waals surface area contributed by atoms with Gasteiger partial charge in [0.15, 0.2) is 0 Å². The fourth-order valence-corrected chi connectivity index (χ4v) is 3.93. The number of nitrogens with zero attached hydrogens (tertiary/aromatic N) is 4. The predicted octanol–water partition coefficient (Wildman–Crippen LogP) is 5.43. The van der Waals surface area contributed by atoms with Gasteiger partial charge in [0.25, 0.3) is 0 Å². The van der Waals surface area contributed by atoms with Crippen molar-refractivity contribution < 1.29 is 14.3 Å². The van der Waals surface area contributed by atoms with Crippen LogP contribution < -0.4 is 20.3 Å². The molecule has 2 heterocycles. The molecule has 2 amide bonds. The number of anilines is 3. The highest BCUT2D eigenvalue weighted by molar-refractivity contribution is 6.32. The molecule has 180 valence electrons. The normalized spacial score (nSPS) is 13.2. The van der Waals surface area contributed by atoms with E-state index >= 15 is 0 Å². The molecule has 1 fully saturated rings. The Bertz CT molecular complexity index is 1450. The lowest BCUT2D eigenvalue weighted by Crippen LogP contribution is -2.36. The van der Waals surface area contributed by atoms with Crippen LogP contribution in [-0.2, 0) is 4.74 Å². The van der Waals surface area contributed by atoms with Crippen molar-refractivity contribution in [3.8, 4) is 17.6 Å². The van der Waals surface area contributed by atoms with Crippen molar-refractivity contribution in [2.45, 2.75) is 0 Å². The summed E-state index contributed by atoms with van der Waals surface area (Å²) in [6.07, 6.45) is 1.78. The summed E-state index contributed by atoms with van der Waals surface area (Å²) in [5.74, 6) is 2.06. The fraction of sp³-hybridized carbons (Fsp3) is 0.154. The Balaban J connectivity index is 1.22. The van der Waals surface area contributed by atoms with Crippen LogP contribution >= 0.6 is 11.6 Å². The number of carbonyl (C=O) groups excluding carboxylic acids is 1. The first-order valence-electron chi connectivity index (χ1n) is 11.2. The molecule has 1 aliphatic heterocycles. The van der Waals surface area contributed by atoms with Crippen molar-refractivity contribution in [2.75, 3.05) is 41.8 Å². The average Bonchev–Trinajstić information content (AvgIpc) is 2.90. The van der Waals surface area contributed by atoms with E-state index in [1.54, 1.807) is 42.6 Å². The van der Waals surface area contributed by atoms with Gasteiger partial charge in [-0.3, -0.25) is 4.98 Å². The maximum absolute atomic E-state index is 12.3.